The van der Waals surface area contributed by atoms with Gasteiger partial charge in [0, 0.05) is 0 Å². The molecule has 0 aromatic rings. The van der Waals surface area contributed by atoms with Gasteiger partial charge in [-0.25, -0.2) is 0 Å². The first kappa shape index (κ1) is 16.0. The summed E-state index contributed by atoms with van der Waals surface area (Å²) in [5, 5.41) is 0. The molecule has 3 N–H and O–H groups in total. The Labute approximate surface area is 53.8 Å². The zero-order valence-electron chi connectivity index (χ0n) is 6.12. The van der Waals surface area contributed by atoms with Gasteiger partial charge in [0.2, 0.25) is 0 Å². The van der Waals surface area contributed by atoms with Crippen LogP contribution in [0.15, 0.2) is 0 Å². The number of hydrogen-bond donors (Lipinski definition) is 1. The third-order valence-corrected chi connectivity index (χ3v) is 0.500. The molecule has 1 nitrogen and oxygen atoms in total. The second kappa shape index (κ2) is 17.6. The van der Waals surface area contributed by atoms with Crippen molar-refractivity contribution in [3.8, 4) is 0 Å². The van der Waals surface area contributed by atoms with Gasteiger partial charge in [-0.1, -0.05) is 26.7 Å². The van der Waals surface area contributed by atoms with Crippen LogP contribution in [0.1, 0.15) is 28.1 Å². The molecular formula is C4H14LiN. The van der Waals surface area contributed by atoms with Crippen molar-refractivity contribution < 1.29 is 20.3 Å². The zero-order valence-corrected chi connectivity index (χ0v) is 5.12. The molecule has 0 aliphatic carbocycles. The van der Waals surface area contributed by atoms with Crippen LogP contribution in [-0.4, -0.2) is 0 Å². The molecule has 0 saturated heterocycles. The Hall–Kier alpha value is 0.557. The Bertz CT molecular complexity index is 13.7. The van der Waals surface area contributed by atoms with E-state index in [4.69, 9.17) is 0 Å². The second-order valence-electron chi connectivity index (χ2n) is 1.000. The van der Waals surface area contributed by atoms with Gasteiger partial charge in [-0.15, -0.1) is 0 Å². The maximum Gasteiger partial charge on any atom is 1.00 e. The van der Waals surface area contributed by atoms with Gasteiger partial charge in [-0.05, 0) is 0 Å². The Kier molecular flexibility index (Phi) is 47.1. The quantitative estimate of drug-likeness (QED) is 0.409. The summed E-state index contributed by atoms with van der Waals surface area (Å²) in [6.07, 6.45) is 2.64. The van der Waals surface area contributed by atoms with E-state index in [0.717, 1.165) is 0 Å². The van der Waals surface area contributed by atoms with Gasteiger partial charge in [-0.3, -0.25) is 0 Å². The van der Waals surface area contributed by atoms with Crippen LogP contribution in [0.3, 0.4) is 0 Å². The molecule has 2 heteroatoms. The van der Waals surface area contributed by atoms with Crippen LogP contribution in [-0.2, 0) is 0 Å². The summed E-state index contributed by atoms with van der Waals surface area (Å²) in [4.78, 5) is 0. The average Bonchev–Trinajstić information content (AvgIpc) is 1.37. The number of unbranched alkanes of at least 4 members (excludes halogenated alkanes) is 1. The molecule has 0 aliphatic heterocycles. The van der Waals surface area contributed by atoms with Crippen molar-refractivity contribution in [1.82, 2.24) is 6.15 Å². The van der Waals surface area contributed by atoms with E-state index in [0.29, 0.717) is 0 Å². The van der Waals surface area contributed by atoms with Crippen molar-refractivity contribution in [2.75, 3.05) is 0 Å². The average molecular weight is 83.1 g/mol. The molecule has 0 spiro atoms. The molecule has 0 radical (unpaired) electrons. The molecule has 0 rings (SSSR count). The van der Waals surface area contributed by atoms with Gasteiger partial charge < -0.3 is 7.58 Å². The Morgan fingerprint density at radius 2 is 1.33 bits per heavy atom. The Morgan fingerprint density at radius 1 is 1.17 bits per heavy atom. The van der Waals surface area contributed by atoms with E-state index in [1.807, 2.05) is 0 Å². The monoisotopic (exact) mass is 83.1 g/mol. The normalized spacial score (nSPS) is 5.00. The van der Waals surface area contributed by atoms with Gasteiger partial charge in [0.05, 0.1) is 0 Å². The van der Waals surface area contributed by atoms with Gasteiger partial charge in [-0.2, -0.15) is 0 Å². The summed E-state index contributed by atoms with van der Waals surface area (Å²) in [5.74, 6) is 0. The van der Waals surface area contributed by atoms with Crippen molar-refractivity contribution in [1.29, 1.82) is 0 Å². The first-order valence-electron chi connectivity index (χ1n) is 1.91. The van der Waals surface area contributed by atoms with Crippen molar-refractivity contribution >= 4 is 0 Å². The summed E-state index contributed by atoms with van der Waals surface area (Å²) < 4.78 is 0. The minimum absolute atomic E-state index is 0. The summed E-state index contributed by atoms with van der Waals surface area (Å²) in [6, 6.07) is 0. The number of hydrogen-bond acceptors (Lipinski definition) is 1. The van der Waals surface area contributed by atoms with Gasteiger partial charge >= 0.3 is 18.9 Å². The fraction of sp³-hybridized carbons (Fsp3) is 1.00. The molecule has 0 bridgehead atoms. The van der Waals surface area contributed by atoms with Gasteiger partial charge in [0.25, 0.3) is 0 Å². The van der Waals surface area contributed by atoms with Crippen LogP contribution < -0.4 is 25.0 Å². The van der Waals surface area contributed by atoms with Crippen LogP contribution in [0.2, 0.25) is 0 Å². The van der Waals surface area contributed by atoms with E-state index in [2.05, 4.69) is 13.8 Å². The molecule has 0 aromatic carbocycles. The van der Waals surface area contributed by atoms with Gasteiger partial charge in [0.1, 0.15) is 0 Å². The maximum atomic E-state index is 2.18. The molecule has 36 valence electrons. The molecule has 0 atom stereocenters. The fourth-order valence-electron chi connectivity index (χ4n) is 0. The molecule has 0 aromatic heterocycles. The fourth-order valence-corrected chi connectivity index (χ4v) is 0. The van der Waals surface area contributed by atoms with Crippen LogP contribution in [0, 0.1) is 0 Å². The molecule has 0 heterocycles. The van der Waals surface area contributed by atoms with Crippen LogP contribution in [0.25, 0.3) is 0 Å². The smallest absolute Gasteiger partial charge is 1.00 e. The Morgan fingerprint density at radius 3 is 1.33 bits per heavy atom. The second-order valence-corrected chi connectivity index (χ2v) is 1.000. The minimum Gasteiger partial charge on any atom is -1.00 e. The van der Waals surface area contributed by atoms with Crippen molar-refractivity contribution in [3.05, 3.63) is 0 Å². The van der Waals surface area contributed by atoms with E-state index in [-0.39, 0.29) is 26.4 Å². The summed E-state index contributed by atoms with van der Waals surface area (Å²) >= 11 is 0. The molecule has 0 unspecified atom stereocenters. The molecule has 0 amide bonds. The first-order chi connectivity index (χ1) is 1.91. The predicted molar refractivity (Wildman–Crippen MR) is 26.7 cm³/mol. The largest absolute Gasteiger partial charge is 1.00 e. The van der Waals surface area contributed by atoms with E-state index in [1.54, 1.807) is 0 Å². The summed E-state index contributed by atoms with van der Waals surface area (Å²) in [5.41, 5.74) is 0. The van der Waals surface area contributed by atoms with E-state index >= 15 is 0 Å². The van der Waals surface area contributed by atoms with Crippen molar-refractivity contribution in [3.63, 3.8) is 0 Å². The van der Waals surface area contributed by atoms with E-state index < -0.39 is 0 Å². The van der Waals surface area contributed by atoms with Crippen LogP contribution in [0.4, 0.5) is 0 Å². The maximum absolute atomic E-state index is 2.18. The van der Waals surface area contributed by atoms with Crippen LogP contribution >= 0.6 is 0 Å². The third-order valence-electron chi connectivity index (χ3n) is 0.500. The van der Waals surface area contributed by atoms with Crippen molar-refractivity contribution in [2.45, 2.75) is 26.7 Å². The molecular weight excluding hydrogens is 69.0 g/mol. The van der Waals surface area contributed by atoms with E-state index in [1.165, 1.54) is 12.8 Å². The summed E-state index contributed by atoms with van der Waals surface area (Å²) in [7, 11) is 0. The van der Waals surface area contributed by atoms with Crippen molar-refractivity contribution in [2.24, 2.45) is 0 Å². The summed E-state index contributed by atoms with van der Waals surface area (Å²) in [6.45, 7) is 4.36. The minimum atomic E-state index is 0. The first-order valence-corrected chi connectivity index (χ1v) is 1.91. The standard InChI is InChI=1S/C4H10.Li.H3N.H/c1-3-4-2;;;/h3-4H2,1-2H3;;1H3;/q;+1;;-1. The number of rotatable bonds is 1. The van der Waals surface area contributed by atoms with Crippen LogP contribution in [0.5, 0.6) is 0 Å². The Balaban J connectivity index is -0.0000000150. The molecule has 6 heavy (non-hydrogen) atoms. The SMILES string of the molecule is CCCC.N.[H-].[Li+]. The van der Waals surface area contributed by atoms with E-state index in [9.17, 15) is 0 Å². The zero-order chi connectivity index (χ0) is 3.41. The topological polar surface area (TPSA) is 35.0 Å². The predicted octanol–water partition coefficient (Wildman–Crippen LogP) is -0.915. The van der Waals surface area contributed by atoms with Gasteiger partial charge in [0.15, 0.2) is 0 Å². The molecule has 0 saturated carbocycles. The third kappa shape index (κ3) is 23.8. The molecule has 0 aliphatic rings. The molecule has 0 fully saturated rings.